The van der Waals surface area contributed by atoms with Gasteiger partial charge in [-0.15, -0.1) is 21.5 Å². The lowest BCUT2D eigenvalue weighted by atomic mass is 10.1. The monoisotopic (exact) mass is 410 g/mol. The van der Waals surface area contributed by atoms with Gasteiger partial charge in [-0.1, -0.05) is 43.0 Å². The van der Waals surface area contributed by atoms with Gasteiger partial charge < -0.3 is 4.74 Å². The van der Waals surface area contributed by atoms with Gasteiger partial charge in [0.05, 0.1) is 5.69 Å². The van der Waals surface area contributed by atoms with Crippen LogP contribution >= 0.6 is 23.1 Å². The second-order valence-electron chi connectivity index (χ2n) is 5.97. The van der Waals surface area contributed by atoms with E-state index in [0.29, 0.717) is 23.2 Å². The van der Waals surface area contributed by atoms with Crippen LogP contribution in [-0.2, 0) is 4.79 Å². The van der Waals surface area contributed by atoms with E-state index in [0.717, 1.165) is 16.1 Å². The Kier molecular flexibility index (Phi) is 5.40. The van der Waals surface area contributed by atoms with E-state index < -0.39 is 6.23 Å². The van der Waals surface area contributed by atoms with Gasteiger partial charge in [0.1, 0.15) is 0 Å². The lowest BCUT2D eigenvalue weighted by Crippen LogP contribution is -2.42. The number of hydrogen-bond acceptors (Lipinski definition) is 7. The van der Waals surface area contributed by atoms with Crippen LogP contribution in [0.25, 0.3) is 17.3 Å². The zero-order valence-corrected chi connectivity index (χ0v) is 17.0. The Balaban J connectivity index is 1.88. The fourth-order valence-electron chi connectivity index (χ4n) is 2.96. The molecule has 28 heavy (non-hydrogen) atoms. The Morgan fingerprint density at radius 2 is 2.14 bits per heavy atom. The normalized spacial score (nSPS) is 15.6. The number of thioether (sulfide) groups is 1. The first-order valence-electron chi connectivity index (χ1n) is 8.79. The third-order valence-corrected chi connectivity index (χ3v) is 5.64. The van der Waals surface area contributed by atoms with Gasteiger partial charge >= 0.3 is 0 Å². The molecule has 0 radical (unpaired) electrons. The number of carbonyl (C=O) groups excluding carboxylic acids is 1. The maximum absolute atomic E-state index is 12.9. The Bertz CT molecular complexity index is 1020. The molecule has 3 aromatic rings. The van der Waals surface area contributed by atoms with Crippen LogP contribution in [0.4, 0.5) is 5.69 Å². The molecule has 0 fully saturated rings. The molecule has 6 nitrogen and oxygen atoms in total. The highest BCUT2D eigenvalue weighted by Gasteiger charge is 2.32. The fraction of sp³-hybridized carbons (Fsp3) is 0.200. The van der Waals surface area contributed by atoms with E-state index in [4.69, 9.17) is 4.74 Å². The minimum atomic E-state index is -0.636. The molecular weight excluding hydrogens is 392 g/mol. The van der Waals surface area contributed by atoms with Crippen molar-refractivity contribution in [2.75, 3.05) is 11.2 Å². The molecule has 1 aliphatic heterocycles. The van der Waals surface area contributed by atoms with Crippen molar-refractivity contribution < 1.29 is 9.53 Å². The topological polar surface area (TPSA) is 68.2 Å². The van der Waals surface area contributed by atoms with Gasteiger partial charge in [-0.2, -0.15) is 4.98 Å². The molecule has 8 heteroatoms. The van der Waals surface area contributed by atoms with Crippen molar-refractivity contribution in [2.45, 2.75) is 24.7 Å². The number of carbonyl (C=O) groups is 1. The summed E-state index contributed by atoms with van der Waals surface area (Å²) >= 11 is 3.01. The summed E-state index contributed by atoms with van der Waals surface area (Å²) in [5.74, 6) is 0.332. The van der Waals surface area contributed by atoms with E-state index in [1.807, 2.05) is 67.1 Å². The first-order valence-corrected chi connectivity index (χ1v) is 10.9. The third kappa shape index (κ3) is 3.53. The number of fused-ring (bicyclic) bond motifs is 3. The molecule has 0 aliphatic carbocycles. The van der Waals surface area contributed by atoms with E-state index in [1.54, 1.807) is 16.2 Å². The fourth-order valence-corrected chi connectivity index (χ4v) is 3.88. The second kappa shape index (κ2) is 8.12. The predicted molar refractivity (Wildman–Crippen MR) is 113 cm³/mol. The Hall–Kier alpha value is -2.71. The second-order valence-corrected chi connectivity index (χ2v) is 7.72. The van der Waals surface area contributed by atoms with E-state index in [9.17, 15) is 4.79 Å². The molecule has 0 bridgehead atoms. The molecule has 0 spiro atoms. The molecular formula is C20H18N4O2S2. The highest BCUT2D eigenvalue weighted by atomic mass is 32.2. The van der Waals surface area contributed by atoms with Crippen molar-refractivity contribution in [1.29, 1.82) is 0 Å². The Morgan fingerprint density at radius 1 is 1.29 bits per heavy atom. The lowest BCUT2D eigenvalue weighted by Gasteiger charge is -2.28. The number of nitrogens with zero attached hydrogens (tertiary/aromatic N) is 4. The SMILES string of the molecule is CCC(=O)N1c2ccccc2-c2nnc(SC)nc2O[C@@H]1/C=C\c1cccs1. The van der Waals surface area contributed by atoms with Gasteiger partial charge in [-0.25, -0.2) is 0 Å². The molecule has 2 aromatic heterocycles. The zero-order valence-electron chi connectivity index (χ0n) is 15.4. The Morgan fingerprint density at radius 3 is 2.89 bits per heavy atom. The zero-order chi connectivity index (χ0) is 19.5. The average Bonchev–Trinajstić information content (AvgIpc) is 3.21. The van der Waals surface area contributed by atoms with Crippen LogP contribution in [0.15, 0.2) is 53.0 Å². The standard InChI is InChI=1S/C20H18N4O2S2/c1-3-16(25)24-15-9-5-4-8-14(15)18-19(21-20(27-2)23-22-18)26-17(24)11-10-13-7-6-12-28-13/h4-12,17H,3H2,1-2H3/b11-10-/t17-/m1/s1. The number of hydrogen-bond donors (Lipinski definition) is 0. The first-order chi connectivity index (χ1) is 13.7. The molecule has 142 valence electrons. The van der Waals surface area contributed by atoms with Gasteiger partial charge in [0.25, 0.3) is 0 Å². The Labute approximate surface area is 171 Å². The summed E-state index contributed by atoms with van der Waals surface area (Å²) in [4.78, 5) is 20.1. The lowest BCUT2D eigenvalue weighted by molar-refractivity contribution is -0.119. The summed E-state index contributed by atoms with van der Waals surface area (Å²) in [5.41, 5.74) is 2.05. The number of thiophene rings is 1. The highest BCUT2D eigenvalue weighted by Crippen LogP contribution is 2.39. The number of rotatable bonds is 4. The van der Waals surface area contributed by atoms with Gasteiger partial charge in [-0.05, 0) is 35.9 Å². The molecule has 1 aromatic carbocycles. The van der Waals surface area contributed by atoms with E-state index in [-0.39, 0.29) is 5.91 Å². The summed E-state index contributed by atoms with van der Waals surface area (Å²) in [7, 11) is 0. The van der Waals surface area contributed by atoms with Crippen molar-refractivity contribution in [2.24, 2.45) is 0 Å². The molecule has 4 rings (SSSR count). The van der Waals surface area contributed by atoms with Crippen LogP contribution in [0.1, 0.15) is 18.2 Å². The molecule has 1 aliphatic rings. The maximum Gasteiger partial charge on any atom is 0.247 e. The number of anilines is 1. The van der Waals surface area contributed by atoms with Crippen LogP contribution < -0.4 is 9.64 Å². The number of aromatic nitrogens is 3. The third-order valence-electron chi connectivity index (χ3n) is 4.26. The largest absolute Gasteiger partial charge is 0.448 e. The predicted octanol–water partition coefficient (Wildman–Crippen LogP) is 4.50. The highest BCUT2D eigenvalue weighted by molar-refractivity contribution is 7.98. The van der Waals surface area contributed by atoms with E-state index in [2.05, 4.69) is 15.2 Å². The van der Waals surface area contributed by atoms with Crippen molar-refractivity contribution >= 4 is 40.8 Å². The molecule has 3 heterocycles. The van der Waals surface area contributed by atoms with Gasteiger partial charge in [0, 0.05) is 16.9 Å². The number of para-hydroxylation sites is 1. The molecule has 0 N–H and O–H groups in total. The summed E-state index contributed by atoms with van der Waals surface area (Å²) in [6, 6.07) is 11.6. The van der Waals surface area contributed by atoms with Crippen LogP contribution in [-0.4, -0.2) is 33.6 Å². The van der Waals surface area contributed by atoms with Crippen molar-refractivity contribution in [3.05, 3.63) is 52.7 Å². The van der Waals surface area contributed by atoms with Crippen LogP contribution in [0.3, 0.4) is 0 Å². The maximum atomic E-state index is 12.9. The molecule has 1 atom stereocenters. The summed E-state index contributed by atoms with van der Waals surface area (Å²) in [5, 5.41) is 11.0. The molecule has 1 amide bonds. The number of amides is 1. The first kappa shape index (κ1) is 18.6. The van der Waals surface area contributed by atoms with Crippen LogP contribution in [0.5, 0.6) is 5.88 Å². The van der Waals surface area contributed by atoms with Crippen molar-refractivity contribution in [1.82, 2.24) is 15.2 Å². The van der Waals surface area contributed by atoms with Crippen LogP contribution in [0, 0.1) is 0 Å². The summed E-state index contributed by atoms with van der Waals surface area (Å²) < 4.78 is 6.21. The summed E-state index contributed by atoms with van der Waals surface area (Å²) in [6.07, 6.45) is 5.44. The van der Waals surface area contributed by atoms with Gasteiger partial charge in [0.15, 0.2) is 11.9 Å². The van der Waals surface area contributed by atoms with E-state index >= 15 is 0 Å². The van der Waals surface area contributed by atoms with Crippen molar-refractivity contribution in [3.8, 4) is 17.1 Å². The van der Waals surface area contributed by atoms with Crippen LogP contribution in [0.2, 0.25) is 0 Å². The quantitative estimate of drug-likeness (QED) is 0.590. The van der Waals surface area contributed by atoms with Gasteiger partial charge in [0.2, 0.25) is 16.9 Å². The van der Waals surface area contributed by atoms with Gasteiger partial charge in [-0.3, -0.25) is 9.69 Å². The number of ether oxygens (including phenoxy) is 1. The minimum Gasteiger partial charge on any atom is -0.448 e. The van der Waals surface area contributed by atoms with E-state index in [1.165, 1.54) is 11.8 Å². The minimum absolute atomic E-state index is 0.0425. The summed E-state index contributed by atoms with van der Waals surface area (Å²) in [6.45, 7) is 1.84. The van der Waals surface area contributed by atoms with Crippen molar-refractivity contribution in [3.63, 3.8) is 0 Å². The molecule has 0 saturated carbocycles. The number of benzene rings is 1. The average molecular weight is 411 g/mol. The molecule has 0 unspecified atom stereocenters. The molecule has 0 saturated heterocycles. The smallest absolute Gasteiger partial charge is 0.247 e.